The zero-order valence-electron chi connectivity index (χ0n) is 9.74. The first kappa shape index (κ1) is 12.9. The Morgan fingerprint density at radius 3 is 3.00 bits per heavy atom. The minimum atomic E-state index is -0.235. The lowest BCUT2D eigenvalue weighted by Gasteiger charge is -2.07. The van der Waals surface area contributed by atoms with Crippen molar-refractivity contribution in [2.75, 3.05) is 5.73 Å². The van der Waals surface area contributed by atoms with Gasteiger partial charge in [-0.15, -0.1) is 11.3 Å². The van der Waals surface area contributed by atoms with E-state index >= 15 is 0 Å². The van der Waals surface area contributed by atoms with Crippen LogP contribution in [0.4, 0.5) is 5.69 Å². The van der Waals surface area contributed by atoms with Crippen molar-refractivity contribution in [3.8, 4) is 0 Å². The van der Waals surface area contributed by atoms with Crippen LogP contribution in [0.15, 0.2) is 24.4 Å². The fourth-order valence-corrected chi connectivity index (χ4v) is 2.39. The minimum absolute atomic E-state index is 0.235. The third-order valence-electron chi connectivity index (χ3n) is 2.39. The molecule has 0 spiro atoms. The quantitative estimate of drug-likeness (QED) is 0.850. The van der Waals surface area contributed by atoms with Gasteiger partial charge < -0.3 is 11.1 Å². The van der Waals surface area contributed by atoms with E-state index in [1.807, 2.05) is 6.92 Å². The van der Waals surface area contributed by atoms with Gasteiger partial charge in [-0.25, -0.2) is 4.98 Å². The van der Waals surface area contributed by atoms with E-state index in [1.54, 1.807) is 35.7 Å². The molecule has 1 amide bonds. The molecule has 1 aromatic heterocycles. The van der Waals surface area contributed by atoms with Gasteiger partial charge in [0.05, 0.1) is 27.8 Å². The van der Waals surface area contributed by atoms with E-state index in [1.165, 1.54) is 0 Å². The summed E-state index contributed by atoms with van der Waals surface area (Å²) < 4.78 is 0. The number of nitrogens with zero attached hydrogens (tertiary/aromatic N) is 1. The Bertz CT molecular complexity index is 582. The summed E-state index contributed by atoms with van der Waals surface area (Å²) in [7, 11) is 0. The molecule has 6 heteroatoms. The van der Waals surface area contributed by atoms with Gasteiger partial charge in [-0.3, -0.25) is 4.79 Å². The first-order valence-electron chi connectivity index (χ1n) is 5.31. The lowest BCUT2D eigenvalue weighted by Crippen LogP contribution is -2.23. The van der Waals surface area contributed by atoms with Crippen LogP contribution in [0.1, 0.15) is 20.2 Å². The topological polar surface area (TPSA) is 68.0 Å². The van der Waals surface area contributed by atoms with Crippen molar-refractivity contribution >= 4 is 34.5 Å². The molecule has 3 N–H and O–H groups in total. The van der Waals surface area contributed by atoms with Crippen molar-refractivity contribution in [1.82, 2.24) is 10.3 Å². The Balaban J connectivity index is 2.06. The molecule has 0 atom stereocenters. The number of thiazole rings is 1. The number of aryl methyl sites for hydroxylation is 1. The SMILES string of the molecule is Cc1ncc(CNC(=O)c2cccc(Cl)c2N)s1. The maximum Gasteiger partial charge on any atom is 0.253 e. The molecular weight excluding hydrogens is 270 g/mol. The van der Waals surface area contributed by atoms with Crippen LogP contribution in [-0.4, -0.2) is 10.9 Å². The average Bonchev–Trinajstić information content (AvgIpc) is 2.76. The molecule has 0 radical (unpaired) electrons. The third-order valence-corrected chi connectivity index (χ3v) is 3.63. The summed E-state index contributed by atoms with van der Waals surface area (Å²) in [6.45, 7) is 2.36. The second-order valence-electron chi connectivity index (χ2n) is 3.73. The lowest BCUT2D eigenvalue weighted by atomic mass is 10.1. The van der Waals surface area contributed by atoms with Gasteiger partial charge in [0.2, 0.25) is 0 Å². The number of nitrogens with one attached hydrogen (secondary N) is 1. The van der Waals surface area contributed by atoms with E-state index in [2.05, 4.69) is 10.3 Å². The number of hydrogen-bond donors (Lipinski definition) is 2. The van der Waals surface area contributed by atoms with Crippen molar-refractivity contribution in [1.29, 1.82) is 0 Å². The Labute approximate surface area is 114 Å². The number of carbonyl (C=O) groups excluding carboxylic acids is 1. The smallest absolute Gasteiger partial charge is 0.253 e. The summed E-state index contributed by atoms with van der Waals surface area (Å²) >= 11 is 7.41. The van der Waals surface area contributed by atoms with Gasteiger partial charge in [-0.05, 0) is 19.1 Å². The summed E-state index contributed by atoms with van der Waals surface area (Å²) in [5.41, 5.74) is 6.45. The highest BCUT2D eigenvalue weighted by molar-refractivity contribution is 7.11. The largest absolute Gasteiger partial charge is 0.397 e. The van der Waals surface area contributed by atoms with Crippen molar-refractivity contribution in [3.63, 3.8) is 0 Å². The highest BCUT2D eigenvalue weighted by Gasteiger charge is 2.11. The van der Waals surface area contributed by atoms with Gasteiger partial charge in [0.15, 0.2) is 0 Å². The number of para-hydroxylation sites is 1. The molecular formula is C12H12ClN3OS. The molecule has 0 aliphatic carbocycles. The van der Waals surface area contributed by atoms with E-state index < -0.39 is 0 Å². The molecule has 18 heavy (non-hydrogen) atoms. The van der Waals surface area contributed by atoms with Crippen LogP contribution < -0.4 is 11.1 Å². The third kappa shape index (κ3) is 2.80. The molecule has 4 nitrogen and oxygen atoms in total. The molecule has 0 bridgehead atoms. The number of hydrogen-bond acceptors (Lipinski definition) is 4. The van der Waals surface area contributed by atoms with E-state index in [0.717, 1.165) is 9.88 Å². The molecule has 2 rings (SSSR count). The number of halogens is 1. The van der Waals surface area contributed by atoms with Crippen LogP contribution in [0.3, 0.4) is 0 Å². The van der Waals surface area contributed by atoms with Gasteiger partial charge in [-0.1, -0.05) is 17.7 Å². The Kier molecular flexibility index (Phi) is 3.84. The van der Waals surface area contributed by atoms with Gasteiger partial charge in [-0.2, -0.15) is 0 Å². The van der Waals surface area contributed by atoms with Gasteiger partial charge >= 0.3 is 0 Å². The van der Waals surface area contributed by atoms with Crippen LogP contribution in [-0.2, 0) is 6.54 Å². The number of nitrogens with two attached hydrogens (primary N) is 1. The maximum absolute atomic E-state index is 11.9. The zero-order chi connectivity index (χ0) is 13.1. The molecule has 0 aliphatic heterocycles. The molecule has 1 aromatic carbocycles. The second kappa shape index (κ2) is 5.37. The molecule has 0 saturated heterocycles. The average molecular weight is 282 g/mol. The first-order chi connectivity index (χ1) is 8.58. The van der Waals surface area contributed by atoms with Gasteiger partial charge in [0.1, 0.15) is 0 Å². The van der Waals surface area contributed by atoms with E-state index in [4.69, 9.17) is 17.3 Å². The van der Waals surface area contributed by atoms with Crippen molar-refractivity contribution in [2.45, 2.75) is 13.5 Å². The summed E-state index contributed by atoms with van der Waals surface area (Å²) in [6, 6.07) is 5.00. The number of benzene rings is 1. The maximum atomic E-state index is 11.9. The molecule has 0 unspecified atom stereocenters. The van der Waals surface area contributed by atoms with Crippen LogP contribution in [0.25, 0.3) is 0 Å². The first-order valence-corrected chi connectivity index (χ1v) is 6.51. The highest BCUT2D eigenvalue weighted by atomic mass is 35.5. The van der Waals surface area contributed by atoms with Crippen LogP contribution >= 0.6 is 22.9 Å². The Morgan fingerprint density at radius 2 is 2.33 bits per heavy atom. The standard InChI is InChI=1S/C12H12ClN3OS/c1-7-15-5-8(18-7)6-16-12(17)9-3-2-4-10(13)11(9)14/h2-5H,6,14H2,1H3,(H,16,17). The van der Waals surface area contributed by atoms with Crippen molar-refractivity contribution in [2.24, 2.45) is 0 Å². The van der Waals surface area contributed by atoms with E-state index in [0.29, 0.717) is 22.8 Å². The Hall–Kier alpha value is -1.59. The highest BCUT2D eigenvalue weighted by Crippen LogP contribution is 2.22. The van der Waals surface area contributed by atoms with Crippen LogP contribution in [0.5, 0.6) is 0 Å². The minimum Gasteiger partial charge on any atom is -0.397 e. The Morgan fingerprint density at radius 1 is 1.56 bits per heavy atom. The number of nitrogen functional groups attached to an aromatic ring is 1. The fraction of sp³-hybridized carbons (Fsp3) is 0.167. The lowest BCUT2D eigenvalue weighted by molar-refractivity contribution is 0.0952. The zero-order valence-corrected chi connectivity index (χ0v) is 11.3. The van der Waals surface area contributed by atoms with Crippen molar-refractivity contribution < 1.29 is 4.79 Å². The van der Waals surface area contributed by atoms with E-state index in [-0.39, 0.29) is 5.91 Å². The number of amides is 1. The number of rotatable bonds is 3. The van der Waals surface area contributed by atoms with Gasteiger partial charge in [0.25, 0.3) is 5.91 Å². The molecule has 94 valence electrons. The number of anilines is 1. The summed E-state index contributed by atoms with van der Waals surface area (Å²) in [4.78, 5) is 17.1. The molecule has 0 saturated carbocycles. The molecule has 1 heterocycles. The van der Waals surface area contributed by atoms with Gasteiger partial charge in [0, 0.05) is 11.1 Å². The second-order valence-corrected chi connectivity index (χ2v) is 5.46. The van der Waals surface area contributed by atoms with Crippen LogP contribution in [0, 0.1) is 6.92 Å². The molecule has 2 aromatic rings. The summed E-state index contributed by atoms with van der Waals surface area (Å²) in [6.07, 6.45) is 1.75. The predicted octanol–water partition coefficient (Wildman–Crippen LogP) is 2.62. The predicted molar refractivity (Wildman–Crippen MR) is 73.9 cm³/mol. The number of aromatic nitrogens is 1. The van der Waals surface area contributed by atoms with Crippen molar-refractivity contribution in [3.05, 3.63) is 44.9 Å². The van der Waals surface area contributed by atoms with Crippen LogP contribution in [0.2, 0.25) is 5.02 Å². The fourth-order valence-electron chi connectivity index (χ4n) is 1.48. The normalized spacial score (nSPS) is 10.3. The van der Waals surface area contributed by atoms with E-state index in [9.17, 15) is 4.79 Å². The summed E-state index contributed by atoms with van der Waals surface area (Å²) in [5, 5.41) is 4.15. The summed E-state index contributed by atoms with van der Waals surface area (Å²) in [5.74, 6) is -0.235. The molecule has 0 fully saturated rings. The molecule has 0 aliphatic rings. The monoisotopic (exact) mass is 281 g/mol. The number of carbonyl (C=O) groups is 1.